The Labute approximate surface area is 110 Å². The van der Waals surface area contributed by atoms with Crippen molar-refractivity contribution in [2.24, 2.45) is 7.05 Å². The van der Waals surface area contributed by atoms with Crippen molar-refractivity contribution in [3.05, 3.63) is 58.5 Å². The van der Waals surface area contributed by atoms with Crippen LogP contribution in [0.4, 0.5) is 5.69 Å². The molecule has 0 aliphatic heterocycles. The third-order valence-electron chi connectivity index (χ3n) is 2.72. The molecule has 0 radical (unpaired) electrons. The molecule has 2 aromatic rings. The summed E-state index contributed by atoms with van der Waals surface area (Å²) in [5.74, 6) is 0.278. The lowest BCUT2D eigenvalue weighted by molar-refractivity contribution is 0.102. The van der Waals surface area contributed by atoms with E-state index < -0.39 is 5.91 Å². The number of rotatable bonds is 3. The van der Waals surface area contributed by atoms with Crippen molar-refractivity contribution in [1.29, 1.82) is 0 Å². The average molecular weight is 258 g/mol. The maximum atomic E-state index is 12.0. The summed E-state index contributed by atoms with van der Waals surface area (Å²) in [4.78, 5) is 23.8. The molecule has 1 heterocycles. The van der Waals surface area contributed by atoms with Crippen LogP contribution in [0.5, 0.6) is 5.75 Å². The monoisotopic (exact) mass is 258 g/mol. The van der Waals surface area contributed by atoms with Crippen LogP contribution in [0.25, 0.3) is 0 Å². The molecule has 0 fully saturated rings. The first-order valence-electron chi connectivity index (χ1n) is 5.73. The minimum atomic E-state index is -0.425. The molecule has 1 amide bonds. The van der Waals surface area contributed by atoms with Crippen LogP contribution in [0.15, 0.2) is 47.4 Å². The van der Waals surface area contributed by atoms with Crippen LogP contribution in [0.2, 0.25) is 0 Å². The normalized spacial score (nSPS) is 10.0. The van der Waals surface area contributed by atoms with Crippen molar-refractivity contribution < 1.29 is 9.53 Å². The number of benzene rings is 1. The smallest absolute Gasteiger partial charge is 0.263 e. The molecule has 98 valence electrons. The quantitative estimate of drug-likeness (QED) is 0.910. The number of pyridine rings is 1. The summed E-state index contributed by atoms with van der Waals surface area (Å²) in [6.07, 6.45) is 1.60. The van der Waals surface area contributed by atoms with Gasteiger partial charge in [-0.25, -0.2) is 0 Å². The van der Waals surface area contributed by atoms with Crippen LogP contribution >= 0.6 is 0 Å². The molecule has 1 aromatic heterocycles. The van der Waals surface area contributed by atoms with E-state index in [9.17, 15) is 9.59 Å². The number of nitrogens with one attached hydrogen (secondary N) is 1. The van der Waals surface area contributed by atoms with Gasteiger partial charge < -0.3 is 14.6 Å². The number of anilines is 1. The van der Waals surface area contributed by atoms with E-state index in [1.807, 2.05) is 0 Å². The van der Waals surface area contributed by atoms with E-state index >= 15 is 0 Å². The fourth-order valence-corrected chi connectivity index (χ4v) is 1.64. The number of nitrogens with zero attached hydrogens (tertiary/aromatic N) is 1. The van der Waals surface area contributed by atoms with Gasteiger partial charge >= 0.3 is 0 Å². The summed E-state index contributed by atoms with van der Waals surface area (Å²) in [6.45, 7) is 0. The second-order valence-corrected chi connectivity index (χ2v) is 4.02. The van der Waals surface area contributed by atoms with E-state index in [0.717, 1.165) is 0 Å². The molecule has 0 spiro atoms. The highest BCUT2D eigenvalue weighted by Crippen LogP contribution is 2.15. The molecule has 5 nitrogen and oxygen atoms in total. The van der Waals surface area contributed by atoms with Gasteiger partial charge in [0.25, 0.3) is 11.5 Å². The summed E-state index contributed by atoms with van der Waals surface area (Å²) in [7, 11) is 3.17. The highest BCUT2D eigenvalue weighted by Gasteiger charge is 2.11. The van der Waals surface area contributed by atoms with Crippen LogP contribution in [0.3, 0.4) is 0 Å². The Morgan fingerprint density at radius 3 is 2.53 bits per heavy atom. The zero-order chi connectivity index (χ0) is 13.8. The lowest BCUT2D eigenvalue weighted by atomic mass is 10.2. The molecular formula is C14H14N2O3. The Morgan fingerprint density at radius 2 is 1.89 bits per heavy atom. The first-order valence-corrected chi connectivity index (χ1v) is 5.73. The minimum Gasteiger partial charge on any atom is -0.497 e. The molecule has 19 heavy (non-hydrogen) atoms. The predicted octanol–water partition coefficient (Wildman–Crippen LogP) is 1.65. The standard InChI is InChI=1S/C14H14N2O3/c1-16-9-3-4-12(14(16)18)13(17)15-10-5-7-11(19-2)8-6-10/h3-9H,1-2H3,(H,15,17). The van der Waals surface area contributed by atoms with Crippen LogP contribution in [0, 0.1) is 0 Å². The number of methoxy groups -OCH3 is 1. The van der Waals surface area contributed by atoms with Gasteiger partial charge in [0.2, 0.25) is 0 Å². The first-order chi connectivity index (χ1) is 9.11. The summed E-state index contributed by atoms with van der Waals surface area (Å²) in [5, 5.41) is 2.67. The fraction of sp³-hybridized carbons (Fsp3) is 0.143. The van der Waals surface area contributed by atoms with Crippen LogP contribution in [-0.4, -0.2) is 17.6 Å². The molecule has 2 rings (SSSR count). The highest BCUT2D eigenvalue weighted by molar-refractivity contribution is 6.03. The van der Waals surface area contributed by atoms with Gasteiger partial charge in [0.1, 0.15) is 11.3 Å². The molecule has 0 unspecified atom stereocenters. The lowest BCUT2D eigenvalue weighted by Crippen LogP contribution is -2.26. The van der Waals surface area contributed by atoms with E-state index in [1.54, 1.807) is 50.7 Å². The van der Waals surface area contributed by atoms with Gasteiger partial charge in [-0.1, -0.05) is 0 Å². The Bertz CT molecular complexity index is 644. The second-order valence-electron chi connectivity index (χ2n) is 4.02. The topological polar surface area (TPSA) is 60.3 Å². The first kappa shape index (κ1) is 12.9. The van der Waals surface area contributed by atoms with Gasteiger partial charge in [0.05, 0.1) is 7.11 Å². The Morgan fingerprint density at radius 1 is 1.21 bits per heavy atom. The van der Waals surface area contributed by atoms with Crippen molar-refractivity contribution in [1.82, 2.24) is 4.57 Å². The number of aryl methyl sites for hydroxylation is 1. The molecule has 5 heteroatoms. The Hall–Kier alpha value is -2.56. The van der Waals surface area contributed by atoms with E-state index in [0.29, 0.717) is 11.4 Å². The van der Waals surface area contributed by atoms with Gasteiger partial charge in [-0.05, 0) is 36.4 Å². The molecule has 1 N–H and O–H groups in total. The molecule has 0 aliphatic carbocycles. The van der Waals surface area contributed by atoms with Crippen LogP contribution in [0.1, 0.15) is 10.4 Å². The lowest BCUT2D eigenvalue weighted by Gasteiger charge is -2.06. The summed E-state index contributed by atoms with van der Waals surface area (Å²) in [6, 6.07) is 10.1. The third kappa shape index (κ3) is 2.82. The average Bonchev–Trinajstić information content (AvgIpc) is 2.42. The van der Waals surface area contributed by atoms with Gasteiger partial charge in [0, 0.05) is 18.9 Å². The number of carbonyl (C=O) groups excluding carboxylic acids is 1. The van der Waals surface area contributed by atoms with Crippen molar-refractivity contribution in [3.8, 4) is 5.75 Å². The molecular weight excluding hydrogens is 244 g/mol. The van der Waals surface area contributed by atoms with Crippen molar-refractivity contribution in [2.75, 3.05) is 12.4 Å². The summed E-state index contributed by atoms with van der Waals surface area (Å²) < 4.78 is 6.39. The maximum absolute atomic E-state index is 12.0. The van der Waals surface area contributed by atoms with E-state index in [1.165, 1.54) is 10.6 Å². The second kappa shape index (κ2) is 5.39. The summed E-state index contributed by atoms with van der Waals surface area (Å²) in [5.41, 5.74) is 0.394. The number of hydrogen-bond donors (Lipinski definition) is 1. The van der Waals surface area contributed by atoms with Gasteiger partial charge in [-0.3, -0.25) is 9.59 Å². The van der Waals surface area contributed by atoms with Gasteiger partial charge in [-0.15, -0.1) is 0 Å². The van der Waals surface area contributed by atoms with E-state index in [-0.39, 0.29) is 11.1 Å². The fourth-order valence-electron chi connectivity index (χ4n) is 1.64. The van der Waals surface area contributed by atoms with Crippen molar-refractivity contribution in [3.63, 3.8) is 0 Å². The number of amides is 1. The highest BCUT2D eigenvalue weighted by atomic mass is 16.5. The number of aromatic nitrogens is 1. The third-order valence-corrected chi connectivity index (χ3v) is 2.72. The number of ether oxygens (including phenoxy) is 1. The molecule has 1 aromatic carbocycles. The maximum Gasteiger partial charge on any atom is 0.263 e. The molecule has 0 bridgehead atoms. The Balaban J connectivity index is 2.21. The molecule has 0 atom stereocenters. The van der Waals surface area contributed by atoms with Gasteiger partial charge in [-0.2, -0.15) is 0 Å². The molecule has 0 saturated heterocycles. The Kier molecular flexibility index (Phi) is 3.66. The molecule has 0 aliphatic rings. The minimum absolute atomic E-state index is 0.112. The van der Waals surface area contributed by atoms with Crippen molar-refractivity contribution >= 4 is 11.6 Å². The van der Waals surface area contributed by atoms with Crippen LogP contribution < -0.4 is 15.6 Å². The number of carbonyl (C=O) groups is 1. The summed E-state index contributed by atoms with van der Waals surface area (Å²) >= 11 is 0. The van der Waals surface area contributed by atoms with Crippen molar-refractivity contribution in [2.45, 2.75) is 0 Å². The SMILES string of the molecule is COc1ccc(NC(=O)c2cccn(C)c2=O)cc1. The predicted molar refractivity (Wildman–Crippen MR) is 72.6 cm³/mol. The van der Waals surface area contributed by atoms with Crippen LogP contribution in [-0.2, 0) is 7.05 Å². The molecule has 0 saturated carbocycles. The zero-order valence-corrected chi connectivity index (χ0v) is 10.7. The largest absolute Gasteiger partial charge is 0.497 e. The zero-order valence-electron chi connectivity index (χ0n) is 10.7. The van der Waals surface area contributed by atoms with E-state index in [4.69, 9.17) is 4.74 Å². The van der Waals surface area contributed by atoms with E-state index in [2.05, 4.69) is 5.32 Å². The van der Waals surface area contributed by atoms with Gasteiger partial charge in [0.15, 0.2) is 0 Å². The number of hydrogen-bond acceptors (Lipinski definition) is 3.